The first-order valence-corrected chi connectivity index (χ1v) is 8.52. The van der Waals surface area contributed by atoms with Gasteiger partial charge in [0.25, 0.3) is 0 Å². The Morgan fingerprint density at radius 1 is 1.32 bits per heavy atom. The molecule has 0 bridgehead atoms. The van der Waals surface area contributed by atoms with E-state index in [9.17, 15) is 4.79 Å². The number of amides is 1. The van der Waals surface area contributed by atoms with Gasteiger partial charge in [-0.15, -0.1) is 5.10 Å². The smallest absolute Gasteiger partial charge is 0.248 e. The van der Waals surface area contributed by atoms with Crippen molar-refractivity contribution >= 4 is 5.91 Å². The summed E-state index contributed by atoms with van der Waals surface area (Å²) in [6.45, 7) is 5.12. The average molecular weight is 306 g/mol. The number of carbonyl (C=O) groups is 1. The zero-order chi connectivity index (χ0) is 15.4. The number of rotatable bonds is 5. The summed E-state index contributed by atoms with van der Waals surface area (Å²) >= 11 is 0. The van der Waals surface area contributed by atoms with Gasteiger partial charge in [0.15, 0.2) is 0 Å². The van der Waals surface area contributed by atoms with Gasteiger partial charge in [0.05, 0.1) is 0 Å². The monoisotopic (exact) mass is 306 g/mol. The lowest BCUT2D eigenvalue weighted by Crippen LogP contribution is -2.52. The molecule has 7 heteroatoms. The fraction of sp³-hybridized carbons (Fsp3) is 0.867. The lowest BCUT2D eigenvalue weighted by atomic mass is 9.81. The molecule has 2 aliphatic rings. The van der Waals surface area contributed by atoms with Crippen LogP contribution in [0.5, 0.6) is 0 Å². The van der Waals surface area contributed by atoms with E-state index in [0.29, 0.717) is 6.04 Å². The van der Waals surface area contributed by atoms with Gasteiger partial charge in [-0.3, -0.25) is 9.69 Å². The molecule has 1 aromatic rings. The van der Waals surface area contributed by atoms with Crippen molar-refractivity contribution in [2.75, 3.05) is 19.6 Å². The lowest BCUT2D eigenvalue weighted by molar-refractivity contribution is -0.132. The Morgan fingerprint density at radius 3 is 2.82 bits per heavy atom. The number of hydrogen-bond acceptors (Lipinski definition) is 5. The van der Waals surface area contributed by atoms with Gasteiger partial charge >= 0.3 is 0 Å². The molecule has 1 N–H and O–H groups in total. The minimum absolute atomic E-state index is 0.0856. The molecular formula is C15H26N6O. The van der Waals surface area contributed by atoms with Gasteiger partial charge in [0.2, 0.25) is 5.91 Å². The molecule has 0 aromatic carbocycles. The first-order valence-electron chi connectivity index (χ1n) is 8.52. The molecular weight excluding hydrogens is 280 g/mol. The summed E-state index contributed by atoms with van der Waals surface area (Å²) in [6, 6.07) is 0.475. The molecule has 2 fully saturated rings. The molecule has 7 nitrogen and oxygen atoms in total. The minimum Gasteiger partial charge on any atom is -0.352 e. The highest BCUT2D eigenvalue weighted by molar-refractivity contribution is 5.84. The van der Waals surface area contributed by atoms with Gasteiger partial charge in [0.1, 0.15) is 11.9 Å². The molecule has 1 amide bonds. The highest BCUT2D eigenvalue weighted by atomic mass is 16.2. The van der Waals surface area contributed by atoms with Crippen LogP contribution in [0.15, 0.2) is 6.33 Å². The zero-order valence-corrected chi connectivity index (χ0v) is 13.4. The van der Waals surface area contributed by atoms with E-state index in [1.165, 1.54) is 19.3 Å². The minimum atomic E-state index is -0.586. The molecule has 1 aliphatic heterocycles. The van der Waals surface area contributed by atoms with Gasteiger partial charge in [-0.05, 0) is 49.2 Å². The van der Waals surface area contributed by atoms with E-state index in [1.54, 1.807) is 11.0 Å². The first-order chi connectivity index (χ1) is 10.8. The number of aromatic nitrogens is 4. The summed E-state index contributed by atoms with van der Waals surface area (Å²) in [6.07, 6.45) is 8.92. The Labute approximate surface area is 131 Å². The van der Waals surface area contributed by atoms with Crippen molar-refractivity contribution in [1.82, 2.24) is 30.4 Å². The molecule has 1 saturated carbocycles. The van der Waals surface area contributed by atoms with Crippen LogP contribution >= 0.6 is 0 Å². The molecule has 122 valence electrons. The Hall–Kier alpha value is -1.50. The summed E-state index contributed by atoms with van der Waals surface area (Å²) in [5.74, 6) is 0.0856. The first kappa shape index (κ1) is 15.4. The van der Waals surface area contributed by atoms with E-state index in [0.717, 1.165) is 45.3 Å². The summed E-state index contributed by atoms with van der Waals surface area (Å²) in [7, 11) is 0. The van der Waals surface area contributed by atoms with Crippen LogP contribution in [-0.4, -0.2) is 56.7 Å². The fourth-order valence-corrected chi connectivity index (χ4v) is 3.97. The summed E-state index contributed by atoms with van der Waals surface area (Å²) < 4.78 is 1.67. The molecule has 1 aromatic heterocycles. The maximum atomic E-state index is 12.9. The van der Waals surface area contributed by atoms with Gasteiger partial charge in [-0.2, -0.15) is 0 Å². The van der Waals surface area contributed by atoms with E-state index < -0.39 is 5.54 Å². The normalized spacial score (nSPS) is 25.2. The molecule has 1 aliphatic carbocycles. The number of hydrogen-bond donors (Lipinski definition) is 1. The van der Waals surface area contributed by atoms with Gasteiger partial charge in [-0.1, -0.05) is 26.2 Å². The third-order valence-electron chi connectivity index (χ3n) is 5.29. The van der Waals surface area contributed by atoms with E-state index in [2.05, 4.69) is 32.7 Å². The van der Waals surface area contributed by atoms with Crippen LogP contribution < -0.4 is 5.32 Å². The molecule has 2 heterocycles. The molecule has 0 spiro atoms. The number of carbonyl (C=O) groups excluding carboxylic acids is 1. The highest BCUT2D eigenvalue weighted by Gasteiger charge is 2.42. The number of nitrogens with zero attached hydrogens (tertiary/aromatic N) is 5. The average Bonchev–Trinajstić information content (AvgIpc) is 3.24. The fourth-order valence-electron chi connectivity index (χ4n) is 3.97. The van der Waals surface area contributed by atoms with Crippen molar-refractivity contribution in [1.29, 1.82) is 0 Å². The van der Waals surface area contributed by atoms with Gasteiger partial charge < -0.3 is 5.32 Å². The van der Waals surface area contributed by atoms with Crippen LogP contribution in [0.3, 0.4) is 0 Å². The van der Waals surface area contributed by atoms with Crippen LogP contribution in [0.4, 0.5) is 0 Å². The second kappa shape index (κ2) is 6.73. The molecule has 1 unspecified atom stereocenters. The molecule has 3 rings (SSSR count). The van der Waals surface area contributed by atoms with Crippen molar-refractivity contribution in [3.8, 4) is 0 Å². The summed E-state index contributed by atoms with van der Waals surface area (Å²) in [4.78, 5) is 15.4. The topological polar surface area (TPSA) is 75.9 Å². The molecule has 1 saturated heterocycles. The zero-order valence-electron chi connectivity index (χ0n) is 13.4. The van der Waals surface area contributed by atoms with E-state index in [1.807, 2.05) is 0 Å². The highest BCUT2D eigenvalue weighted by Crippen LogP contribution is 2.34. The summed E-state index contributed by atoms with van der Waals surface area (Å²) in [5, 5.41) is 14.7. The van der Waals surface area contributed by atoms with Crippen LogP contribution in [0.1, 0.15) is 51.9 Å². The van der Waals surface area contributed by atoms with E-state index in [-0.39, 0.29) is 5.91 Å². The van der Waals surface area contributed by atoms with Crippen molar-refractivity contribution < 1.29 is 4.79 Å². The quantitative estimate of drug-likeness (QED) is 0.876. The Bertz CT molecular complexity index is 482. The Morgan fingerprint density at radius 2 is 2.14 bits per heavy atom. The van der Waals surface area contributed by atoms with Crippen LogP contribution in [-0.2, 0) is 10.3 Å². The van der Waals surface area contributed by atoms with Crippen molar-refractivity contribution in [3.63, 3.8) is 0 Å². The van der Waals surface area contributed by atoms with Crippen LogP contribution in [0, 0.1) is 0 Å². The van der Waals surface area contributed by atoms with Gasteiger partial charge in [0, 0.05) is 12.6 Å². The third kappa shape index (κ3) is 2.86. The van der Waals surface area contributed by atoms with Crippen LogP contribution in [0.2, 0.25) is 0 Å². The second-order valence-electron chi connectivity index (χ2n) is 6.48. The van der Waals surface area contributed by atoms with Crippen LogP contribution in [0.25, 0.3) is 0 Å². The standard InChI is InChI=1S/C15H26N6O/c1-2-20-10-6-7-13(20)11-16-14(22)15(8-4-3-5-9-15)21-12-17-18-19-21/h12-13H,2-11H2,1H3,(H,16,22). The number of nitrogens with one attached hydrogen (secondary N) is 1. The van der Waals surface area contributed by atoms with Crippen molar-refractivity contribution in [2.45, 2.75) is 63.5 Å². The third-order valence-corrected chi connectivity index (χ3v) is 5.29. The van der Waals surface area contributed by atoms with E-state index >= 15 is 0 Å². The Balaban J connectivity index is 1.68. The van der Waals surface area contributed by atoms with E-state index in [4.69, 9.17) is 0 Å². The Kier molecular flexibility index (Phi) is 4.71. The lowest BCUT2D eigenvalue weighted by Gasteiger charge is -2.35. The summed E-state index contributed by atoms with van der Waals surface area (Å²) in [5.41, 5.74) is -0.586. The largest absolute Gasteiger partial charge is 0.352 e. The SMILES string of the molecule is CCN1CCCC1CNC(=O)C1(n2cnnn2)CCCCC1. The predicted octanol–water partition coefficient (Wildman–Crippen LogP) is 0.933. The maximum Gasteiger partial charge on any atom is 0.248 e. The second-order valence-corrected chi connectivity index (χ2v) is 6.48. The predicted molar refractivity (Wildman–Crippen MR) is 82.2 cm³/mol. The maximum absolute atomic E-state index is 12.9. The molecule has 0 radical (unpaired) electrons. The molecule has 22 heavy (non-hydrogen) atoms. The number of likely N-dealkylation sites (N-methyl/N-ethyl adjacent to an activating group) is 1. The van der Waals surface area contributed by atoms with Crippen molar-refractivity contribution in [2.24, 2.45) is 0 Å². The molecule has 1 atom stereocenters. The number of likely N-dealkylation sites (tertiary alicyclic amines) is 1. The number of tetrazole rings is 1. The van der Waals surface area contributed by atoms with Gasteiger partial charge in [-0.25, -0.2) is 4.68 Å². The van der Waals surface area contributed by atoms with Crippen molar-refractivity contribution in [3.05, 3.63) is 6.33 Å².